The number of hydrogen-bond donors (Lipinski definition) is 1. The summed E-state index contributed by atoms with van der Waals surface area (Å²) in [4.78, 5) is 38.2. The third kappa shape index (κ3) is 6.69. The van der Waals surface area contributed by atoms with Gasteiger partial charge in [-0.15, -0.1) is 0 Å². The van der Waals surface area contributed by atoms with Gasteiger partial charge in [0, 0.05) is 18.5 Å². The molecule has 0 bridgehead atoms. The standard InChI is InChI=1S/C20H26F2N2O5/c1-20(2,3)18(27)24-10-8-13(9-11-24)17(26)28-12-16(25)23-14-6-4-5-7-15(14)29-19(21)22/h4-7,13,19H,8-12H2,1-3H3,(H,23,25). The monoisotopic (exact) mass is 412 g/mol. The van der Waals surface area contributed by atoms with Crippen molar-refractivity contribution >= 4 is 23.5 Å². The van der Waals surface area contributed by atoms with E-state index in [0.717, 1.165) is 0 Å². The lowest BCUT2D eigenvalue weighted by Gasteiger charge is -2.34. The molecule has 0 unspecified atom stereocenters. The number of nitrogens with zero attached hydrogens (tertiary/aromatic N) is 1. The summed E-state index contributed by atoms with van der Waals surface area (Å²) in [6, 6.07) is 5.73. The zero-order valence-corrected chi connectivity index (χ0v) is 16.7. The Kier molecular flexibility index (Phi) is 7.53. The number of halogens is 2. The number of carbonyl (C=O) groups excluding carboxylic acids is 3. The third-order valence-electron chi connectivity index (χ3n) is 4.48. The van der Waals surface area contributed by atoms with Crippen LogP contribution in [0, 0.1) is 11.3 Å². The lowest BCUT2D eigenvalue weighted by atomic mass is 9.91. The summed E-state index contributed by atoms with van der Waals surface area (Å²) in [5.41, 5.74) is -0.418. The van der Waals surface area contributed by atoms with Crippen molar-refractivity contribution in [2.24, 2.45) is 11.3 Å². The molecule has 2 rings (SSSR count). The molecule has 1 N–H and O–H groups in total. The first-order valence-corrected chi connectivity index (χ1v) is 9.37. The van der Waals surface area contributed by atoms with Gasteiger partial charge < -0.3 is 19.7 Å². The maximum Gasteiger partial charge on any atom is 0.387 e. The molecule has 0 spiro atoms. The second kappa shape index (κ2) is 9.67. The van der Waals surface area contributed by atoms with Crippen LogP contribution in [0.4, 0.5) is 14.5 Å². The fraction of sp³-hybridized carbons (Fsp3) is 0.550. The second-order valence-electron chi connectivity index (χ2n) is 7.85. The van der Waals surface area contributed by atoms with Gasteiger partial charge in [0.05, 0.1) is 11.6 Å². The molecule has 1 heterocycles. The predicted molar refractivity (Wildman–Crippen MR) is 101 cm³/mol. The molecular weight excluding hydrogens is 386 g/mol. The van der Waals surface area contributed by atoms with Crippen LogP contribution in [0.3, 0.4) is 0 Å². The van der Waals surface area contributed by atoms with Crippen LogP contribution in [-0.4, -0.2) is 49.0 Å². The molecule has 0 saturated carbocycles. The van der Waals surface area contributed by atoms with E-state index in [2.05, 4.69) is 10.1 Å². The molecule has 1 aromatic rings. The zero-order valence-electron chi connectivity index (χ0n) is 16.7. The number of ether oxygens (including phenoxy) is 2. The lowest BCUT2D eigenvalue weighted by molar-refractivity contribution is -0.155. The van der Waals surface area contributed by atoms with E-state index in [0.29, 0.717) is 25.9 Å². The van der Waals surface area contributed by atoms with Gasteiger partial charge in [0.1, 0.15) is 5.75 Å². The first kappa shape index (κ1) is 22.6. The number of alkyl halides is 2. The fourth-order valence-corrected chi connectivity index (χ4v) is 3.00. The van der Waals surface area contributed by atoms with Crippen LogP contribution in [0.25, 0.3) is 0 Å². The van der Waals surface area contributed by atoms with Crippen molar-refractivity contribution in [3.05, 3.63) is 24.3 Å². The van der Waals surface area contributed by atoms with E-state index in [1.54, 1.807) is 11.0 Å². The maximum atomic E-state index is 12.4. The van der Waals surface area contributed by atoms with Gasteiger partial charge >= 0.3 is 12.6 Å². The molecule has 160 valence electrons. The zero-order chi connectivity index (χ0) is 21.6. The highest BCUT2D eigenvalue weighted by atomic mass is 19.3. The molecule has 1 saturated heterocycles. The van der Waals surface area contributed by atoms with E-state index >= 15 is 0 Å². The minimum absolute atomic E-state index is 0.0355. The Morgan fingerprint density at radius 1 is 1.17 bits per heavy atom. The van der Waals surface area contributed by atoms with Crippen LogP contribution < -0.4 is 10.1 Å². The summed E-state index contributed by atoms with van der Waals surface area (Å²) in [5, 5.41) is 2.39. The highest BCUT2D eigenvalue weighted by molar-refractivity contribution is 5.94. The summed E-state index contributed by atoms with van der Waals surface area (Å²) >= 11 is 0. The minimum atomic E-state index is -3.03. The molecule has 1 aliphatic heterocycles. The maximum absolute atomic E-state index is 12.4. The Labute approximate surface area is 168 Å². The topological polar surface area (TPSA) is 84.9 Å². The highest BCUT2D eigenvalue weighted by Crippen LogP contribution is 2.26. The number of piperidine rings is 1. The molecule has 1 aliphatic rings. The molecule has 9 heteroatoms. The van der Waals surface area contributed by atoms with E-state index in [1.807, 2.05) is 20.8 Å². The van der Waals surface area contributed by atoms with E-state index in [4.69, 9.17) is 4.74 Å². The number of hydrogen-bond acceptors (Lipinski definition) is 5. The summed E-state index contributed by atoms with van der Waals surface area (Å²) in [7, 11) is 0. The van der Waals surface area contributed by atoms with Gasteiger partial charge in [0.25, 0.3) is 5.91 Å². The molecule has 0 aromatic heterocycles. The van der Waals surface area contributed by atoms with Crippen molar-refractivity contribution in [2.45, 2.75) is 40.2 Å². The summed E-state index contributed by atoms with van der Waals surface area (Å²) in [6.07, 6.45) is 0.931. The number of amides is 2. The Morgan fingerprint density at radius 3 is 2.38 bits per heavy atom. The number of para-hydroxylation sites is 2. The van der Waals surface area contributed by atoms with Crippen LogP contribution in [0.1, 0.15) is 33.6 Å². The first-order valence-electron chi connectivity index (χ1n) is 9.37. The Balaban J connectivity index is 1.80. The SMILES string of the molecule is CC(C)(C)C(=O)N1CCC(C(=O)OCC(=O)Nc2ccccc2OC(F)F)CC1. The van der Waals surface area contributed by atoms with E-state index in [1.165, 1.54) is 18.2 Å². The van der Waals surface area contributed by atoms with Crippen LogP contribution in [0.15, 0.2) is 24.3 Å². The van der Waals surface area contributed by atoms with Crippen LogP contribution >= 0.6 is 0 Å². The van der Waals surface area contributed by atoms with E-state index in [9.17, 15) is 23.2 Å². The van der Waals surface area contributed by atoms with Gasteiger partial charge in [-0.25, -0.2) is 0 Å². The summed E-state index contributed by atoms with van der Waals surface area (Å²) in [5.74, 6) is -1.71. The van der Waals surface area contributed by atoms with Crippen molar-refractivity contribution in [1.29, 1.82) is 0 Å². The normalized spacial score (nSPS) is 15.2. The van der Waals surface area contributed by atoms with Gasteiger partial charge in [-0.1, -0.05) is 32.9 Å². The molecule has 1 fully saturated rings. The average molecular weight is 412 g/mol. The number of esters is 1. The van der Waals surface area contributed by atoms with Gasteiger partial charge in [0.15, 0.2) is 6.61 Å². The lowest BCUT2D eigenvalue weighted by Crippen LogP contribution is -2.45. The number of likely N-dealkylation sites (tertiary alicyclic amines) is 1. The molecule has 7 nitrogen and oxygen atoms in total. The summed E-state index contributed by atoms with van der Waals surface area (Å²) in [6.45, 7) is 2.89. The van der Waals surface area contributed by atoms with Crippen LogP contribution in [-0.2, 0) is 19.1 Å². The fourth-order valence-electron chi connectivity index (χ4n) is 3.00. The van der Waals surface area contributed by atoms with E-state index < -0.39 is 30.5 Å². The Morgan fingerprint density at radius 2 is 1.79 bits per heavy atom. The van der Waals surface area contributed by atoms with Gasteiger partial charge in [0.2, 0.25) is 5.91 Å². The smallest absolute Gasteiger partial charge is 0.387 e. The number of rotatable bonds is 6. The number of anilines is 1. The molecule has 29 heavy (non-hydrogen) atoms. The van der Waals surface area contributed by atoms with Gasteiger partial charge in [-0.2, -0.15) is 8.78 Å². The highest BCUT2D eigenvalue weighted by Gasteiger charge is 2.33. The molecular formula is C20H26F2N2O5. The number of benzene rings is 1. The number of nitrogens with one attached hydrogen (secondary N) is 1. The molecule has 1 aromatic carbocycles. The van der Waals surface area contributed by atoms with E-state index in [-0.39, 0.29) is 23.3 Å². The predicted octanol–water partition coefficient (Wildman–Crippen LogP) is 3.05. The van der Waals surface area contributed by atoms with Crippen molar-refractivity contribution in [3.63, 3.8) is 0 Å². The average Bonchev–Trinajstić information content (AvgIpc) is 2.66. The molecule has 0 aliphatic carbocycles. The van der Waals surface area contributed by atoms with Crippen LogP contribution in [0.5, 0.6) is 5.75 Å². The first-order chi connectivity index (χ1) is 13.6. The molecule has 2 amide bonds. The third-order valence-corrected chi connectivity index (χ3v) is 4.48. The second-order valence-corrected chi connectivity index (χ2v) is 7.85. The van der Waals surface area contributed by atoms with Gasteiger partial charge in [-0.3, -0.25) is 14.4 Å². The minimum Gasteiger partial charge on any atom is -0.455 e. The quantitative estimate of drug-likeness (QED) is 0.726. The summed E-state index contributed by atoms with van der Waals surface area (Å²) < 4.78 is 34.2. The van der Waals surface area contributed by atoms with Crippen molar-refractivity contribution in [3.8, 4) is 5.75 Å². The largest absolute Gasteiger partial charge is 0.455 e. The Bertz CT molecular complexity index is 741. The Hall–Kier alpha value is -2.71. The van der Waals surface area contributed by atoms with Crippen molar-refractivity contribution in [1.82, 2.24) is 4.90 Å². The van der Waals surface area contributed by atoms with Crippen LogP contribution in [0.2, 0.25) is 0 Å². The number of carbonyl (C=O) groups is 3. The molecule has 0 radical (unpaired) electrons. The van der Waals surface area contributed by atoms with Crippen molar-refractivity contribution < 1.29 is 32.6 Å². The van der Waals surface area contributed by atoms with Gasteiger partial charge in [-0.05, 0) is 25.0 Å². The van der Waals surface area contributed by atoms with Crippen molar-refractivity contribution in [2.75, 3.05) is 25.0 Å². The molecule has 0 atom stereocenters.